The summed E-state index contributed by atoms with van der Waals surface area (Å²) in [5, 5.41) is 3.10. The number of rotatable bonds is 4. The van der Waals surface area contributed by atoms with Crippen molar-refractivity contribution in [3.8, 4) is 0 Å². The van der Waals surface area contributed by atoms with Crippen LogP contribution in [-0.4, -0.2) is 20.1 Å². The van der Waals surface area contributed by atoms with Crippen LogP contribution in [0, 0.1) is 5.41 Å². The first-order valence-electron chi connectivity index (χ1n) is 3.20. The molecule has 0 aliphatic rings. The Morgan fingerprint density at radius 1 is 1.33 bits per heavy atom. The molecule has 0 radical (unpaired) electrons. The van der Waals surface area contributed by atoms with E-state index in [1.165, 1.54) is 0 Å². The van der Waals surface area contributed by atoms with Gasteiger partial charge in [-0.1, -0.05) is 13.8 Å². The second-order valence-corrected chi connectivity index (χ2v) is 3.08. The zero-order valence-electron chi connectivity index (χ0n) is 6.49. The average molecular weight is 131 g/mol. The van der Waals surface area contributed by atoms with Gasteiger partial charge in [0.05, 0.1) is 0 Å². The van der Waals surface area contributed by atoms with Crippen LogP contribution in [-0.2, 0) is 0 Å². The van der Waals surface area contributed by atoms with E-state index < -0.39 is 0 Å². The van der Waals surface area contributed by atoms with Gasteiger partial charge in [0.2, 0.25) is 0 Å². The Balaban J connectivity index is 3.43. The Labute approximate surface area is 57.0 Å². The van der Waals surface area contributed by atoms with E-state index in [9.17, 15) is 0 Å². The molecule has 0 bridgehead atoms. The second kappa shape index (κ2) is 3.82. The molecule has 3 heteroatoms. The van der Waals surface area contributed by atoms with Crippen molar-refractivity contribution in [3.63, 3.8) is 0 Å². The molecule has 3 nitrogen and oxygen atoms in total. The van der Waals surface area contributed by atoms with Crippen LogP contribution in [0.2, 0.25) is 0 Å². The number of nitrogens with two attached hydrogens (primary N) is 1. The first-order chi connectivity index (χ1) is 4.12. The third-order valence-electron chi connectivity index (χ3n) is 1.24. The van der Waals surface area contributed by atoms with Gasteiger partial charge in [-0.3, -0.25) is 11.3 Å². The fourth-order valence-electron chi connectivity index (χ4n) is 0.817. The summed E-state index contributed by atoms with van der Waals surface area (Å²) < 4.78 is 0. The molecule has 0 atom stereocenters. The van der Waals surface area contributed by atoms with Gasteiger partial charge in [-0.25, -0.2) is 0 Å². The molecule has 0 fully saturated rings. The smallest absolute Gasteiger partial charge is 0.0161 e. The van der Waals surface area contributed by atoms with Crippen molar-refractivity contribution in [1.29, 1.82) is 0 Å². The topological polar surface area (TPSA) is 50.1 Å². The third kappa shape index (κ3) is 4.39. The summed E-state index contributed by atoms with van der Waals surface area (Å²) in [6.45, 7) is 6.14. The fourth-order valence-corrected chi connectivity index (χ4v) is 0.817. The summed E-state index contributed by atoms with van der Waals surface area (Å²) in [4.78, 5) is 0. The molecule has 0 aromatic carbocycles. The van der Waals surface area contributed by atoms with Gasteiger partial charge in [0.15, 0.2) is 0 Å². The van der Waals surface area contributed by atoms with Crippen molar-refractivity contribution in [1.82, 2.24) is 10.7 Å². The predicted molar refractivity (Wildman–Crippen MR) is 39.9 cm³/mol. The van der Waals surface area contributed by atoms with Crippen LogP contribution in [0.15, 0.2) is 0 Å². The average Bonchev–Trinajstić information content (AvgIpc) is 1.64. The lowest BCUT2D eigenvalue weighted by atomic mass is 9.94. The first-order valence-corrected chi connectivity index (χ1v) is 3.20. The SMILES string of the molecule is CNCC(C)(C)CNN. The molecule has 0 aromatic rings. The summed E-state index contributed by atoms with van der Waals surface area (Å²) in [5.74, 6) is 5.17. The molecule has 0 spiro atoms. The molecule has 0 aliphatic carbocycles. The summed E-state index contributed by atoms with van der Waals surface area (Å²) in [5.41, 5.74) is 2.91. The highest BCUT2D eigenvalue weighted by atomic mass is 15.2. The Bertz CT molecular complexity index is 62.7. The van der Waals surface area contributed by atoms with Crippen LogP contribution in [0.25, 0.3) is 0 Å². The lowest BCUT2D eigenvalue weighted by molar-refractivity contribution is 0.333. The van der Waals surface area contributed by atoms with Crippen molar-refractivity contribution in [3.05, 3.63) is 0 Å². The predicted octanol–water partition coefficient (Wildman–Crippen LogP) is -0.305. The maximum absolute atomic E-state index is 5.17. The first kappa shape index (κ1) is 8.88. The molecule has 0 amide bonds. The van der Waals surface area contributed by atoms with E-state index in [0.29, 0.717) is 0 Å². The van der Waals surface area contributed by atoms with Crippen LogP contribution in [0.4, 0.5) is 0 Å². The molecule has 0 aliphatic heterocycles. The lowest BCUT2D eigenvalue weighted by Gasteiger charge is -2.22. The van der Waals surface area contributed by atoms with Crippen molar-refractivity contribution in [2.45, 2.75) is 13.8 Å². The van der Waals surface area contributed by atoms with Gasteiger partial charge in [0.25, 0.3) is 0 Å². The molecule has 0 heterocycles. The van der Waals surface area contributed by atoms with Gasteiger partial charge >= 0.3 is 0 Å². The van der Waals surface area contributed by atoms with Crippen LogP contribution in [0.5, 0.6) is 0 Å². The minimum absolute atomic E-state index is 0.253. The fraction of sp³-hybridized carbons (Fsp3) is 1.00. The van der Waals surface area contributed by atoms with Crippen molar-refractivity contribution < 1.29 is 0 Å². The van der Waals surface area contributed by atoms with Crippen LogP contribution >= 0.6 is 0 Å². The molecular formula is C6H17N3. The minimum Gasteiger partial charge on any atom is -0.319 e. The standard InChI is InChI=1S/C6H17N3/c1-6(2,4-8-3)5-9-7/h8-9H,4-5,7H2,1-3H3. The van der Waals surface area contributed by atoms with Gasteiger partial charge in [-0.2, -0.15) is 0 Å². The third-order valence-corrected chi connectivity index (χ3v) is 1.24. The maximum Gasteiger partial charge on any atom is 0.0161 e. The van der Waals surface area contributed by atoms with Crippen molar-refractivity contribution in [2.75, 3.05) is 20.1 Å². The van der Waals surface area contributed by atoms with Gasteiger partial charge in [-0.15, -0.1) is 0 Å². The van der Waals surface area contributed by atoms with E-state index in [2.05, 4.69) is 24.6 Å². The summed E-state index contributed by atoms with van der Waals surface area (Å²) in [6.07, 6.45) is 0. The van der Waals surface area contributed by atoms with E-state index in [1.54, 1.807) is 0 Å². The van der Waals surface area contributed by atoms with E-state index >= 15 is 0 Å². The highest BCUT2D eigenvalue weighted by molar-refractivity contribution is 4.71. The van der Waals surface area contributed by atoms with Gasteiger partial charge < -0.3 is 5.32 Å². The summed E-state index contributed by atoms with van der Waals surface area (Å²) in [6, 6.07) is 0. The minimum atomic E-state index is 0.253. The van der Waals surface area contributed by atoms with E-state index in [-0.39, 0.29) is 5.41 Å². The zero-order valence-corrected chi connectivity index (χ0v) is 6.49. The van der Waals surface area contributed by atoms with Gasteiger partial charge in [-0.05, 0) is 12.5 Å². The molecule has 0 rings (SSSR count). The largest absolute Gasteiger partial charge is 0.319 e. The Hall–Kier alpha value is -0.120. The Kier molecular flexibility index (Phi) is 3.77. The molecular weight excluding hydrogens is 114 g/mol. The zero-order chi connectivity index (χ0) is 7.33. The number of hydrazine groups is 1. The number of hydrogen-bond donors (Lipinski definition) is 3. The summed E-state index contributed by atoms with van der Waals surface area (Å²) >= 11 is 0. The van der Waals surface area contributed by atoms with Gasteiger partial charge in [0, 0.05) is 13.1 Å². The van der Waals surface area contributed by atoms with E-state index in [0.717, 1.165) is 13.1 Å². The maximum atomic E-state index is 5.17. The molecule has 0 saturated carbocycles. The van der Waals surface area contributed by atoms with Crippen molar-refractivity contribution >= 4 is 0 Å². The quantitative estimate of drug-likeness (QED) is 0.362. The molecule has 4 N–H and O–H groups in total. The molecule has 0 saturated heterocycles. The molecule has 0 unspecified atom stereocenters. The lowest BCUT2D eigenvalue weighted by Crippen LogP contribution is -2.39. The van der Waals surface area contributed by atoms with Crippen LogP contribution in [0.3, 0.4) is 0 Å². The molecule has 56 valence electrons. The Morgan fingerprint density at radius 3 is 2.22 bits per heavy atom. The number of hydrogen-bond acceptors (Lipinski definition) is 3. The summed E-state index contributed by atoms with van der Waals surface area (Å²) in [7, 11) is 1.94. The number of nitrogens with one attached hydrogen (secondary N) is 2. The van der Waals surface area contributed by atoms with Crippen LogP contribution < -0.4 is 16.6 Å². The van der Waals surface area contributed by atoms with Crippen molar-refractivity contribution in [2.24, 2.45) is 11.3 Å². The normalized spacial score (nSPS) is 12.0. The highest BCUT2D eigenvalue weighted by Gasteiger charge is 2.14. The van der Waals surface area contributed by atoms with Crippen LogP contribution in [0.1, 0.15) is 13.8 Å². The second-order valence-electron chi connectivity index (χ2n) is 3.08. The molecule has 9 heavy (non-hydrogen) atoms. The van der Waals surface area contributed by atoms with Gasteiger partial charge in [0.1, 0.15) is 0 Å². The van der Waals surface area contributed by atoms with E-state index in [4.69, 9.17) is 5.84 Å². The monoisotopic (exact) mass is 131 g/mol. The highest BCUT2D eigenvalue weighted by Crippen LogP contribution is 2.09. The van der Waals surface area contributed by atoms with E-state index in [1.807, 2.05) is 7.05 Å². The Morgan fingerprint density at radius 2 is 1.89 bits per heavy atom. The molecule has 0 aromatic heterocycles.